The van der Waals surface area contributed by atoms with Crippen molar-refractivity contribution in [3.63, 3.8) is 0 Å². The van der Waals surface area contributed by atoms with Gasteiger partial charge >= 0.3 is 18.0 Å². The van der Waals surface area contributed by atoms with Crippen molar-refractivity contribution in [2.75, 3.05) is 0 Å². The third-order valence-corrected chi connectivity index (χ3v) is 3.92. The highest BCUT2D eigenvalue weighted by Gasteiger charge is 2.55. The molecule has 0 aliphatic carbocycles. The predicted molar refractivity (Wildman–Crippen MR) is 94.3 cm³/mol. The first-order valence-corrected chi connectivity index (χ1v) is 8.33. The largest absolute Gasteiger partial charge is 0.481 e. The van der Waals surface area contributed by atoms with Crippen LogP contribution in [0.4, 0.5) is 17.6 Å². The van der Waals surface area contributed by atoms with Crippen molar-refractivity contribution >= 4 is 5.97 Å². The first-order valence-electron chi connectivity index (χ1n) is 8.33. The molecule has 0 fully saturated rings. The number of rotatable bonds is 7. The lowest BCUT2D eigenvalue weighted by atomic mass is 10.1. The Morgan fingerprint density at radius 3 is 2.24 bits per heavy atom. The summed E-state index contributed by atoms with van der Waals surface area (Å²) < 4.78 is 57.8. The number of nitrogens with zero attached hydrogens (tertiary/aromatic N) is 3. The number of hydrogen-bond acceptors (Lipinski definition) is 4. The fourth-order valence-corrected chi connectivity index (χ4v) is 2.37. The fourth-order valence-electron chi connectivity index (χ4n) is 2.37. The topological polar surface area (TPSA) is 77.2 Å². The molecule has 152 valence electrons. The zero-order valence-corrected chi connectivity index (χ0v) is 15.0. The van der Waals surface area contributed by atoms with Crippen LogP contribution < -0.4 is 4.74 Å². The maximum Gasteiger partial charge on any atom is 0.463 e. The van der Waals surface area contributed by atoms with Crippen LogP contribution in [0.25, 0.3) is 17.1 Å². The fraction of sp³-hybridized carbons (Fsp3) is 0.211. The lowest BCUT2D eigenvalue weighted by molar-refractivity contribution is -0.301. The molecule has 3 rings (SSSR count). The van der Waals surface area contributed by atoms with Crippen LogP contribution in [0.3, 0.4) is 0 Å². The second-order valence-corrected chi connectivity index (χ2v) is 6.28. The van der Waals surface area contributed by atoms with Crippen LogP contribution in [0.2, 0.25) is 0 Å². The zero-order chi connectivity index (χ0) is 21.2. The minimum atomic E-state index is -4.64. The molecule has 0 spiro atoms. The Labute approximate surface area is 162 Å². The van der Waals surface area contributed by atoms with E-state index in [4.69, 9.17) is 5.11 Å². The van der Waals surface area contributed by atoms with E-state index in [9.17, 15) is 22.4 Å². The van der Waals surface area contributed by atoms with E-state index in [1.54, 1.807) is 24.3 Å². The number of aliphatic carboxylic acids is 1. The van der Waals surface area contributed by atoms with Crippen molar-refractivity contribution in [2.45, 2.75) is 25.4 Å². The van der Waals surface area contributed by atoms with Gasteiger partial charge in [0.25, 0.3) is 0 Å². The molecule has 1 heterocycles. The zero-order valence-electron chi connectivity index (χ0n) is 15.0. The van der Waals surface area contributed by atoms with Crippen LogP contribution in [0, 0.1) is 0 Å². The molecular formula is C19H15F4N3O3. The molecule has 2 aromatic carbocycles. The summed E-state index contributed by atoms with van der Waals surface area (Å²) in [5, 5.41) is 13.1. The van der Waals surface area contributed by atoms with Crippen molar-refractivity contribution in [2.24, 2.45) is 0 Å². The normalized spacial score (nSPS) is 12.0. The van der Waals surface area contributed by atoms with Gasteiger partial charge in [-0.2, -0.15) is 17.6 Å². The molecule has 0 aliphatic heterocycles. The monoisotopic (exact) mass is 409 g/mol. The number of hydrogen-bond donors (Lipinski definition) is 1. The highest BCUT2D eigenvalue weighted by Crippen LogP contribution is 2.35. The van der Waals surface area contributed by atoms with E-state index in [0.717, 1.165) is 12.1 Å². The summed E-state index contributed by atoms with van der Waals surface area (Å²) in [6.45, 7) is 0.0759. The molecule has 0 bridgehead atoms. The average molecular weight is 409 g/mol. The summed E-state index contributed by atoms with van der Waals surface area (Å²) in [4.78, 5) is 14.9. The quantitative estimate of drug-likeness (QED) is 0.592. The van der Waals surface area contributed by atoms with Crippen LogP contribution in [0.5, 0.6) is 5.75 Å². The molecule has 0 saturated heterocycles. The van der Waals surface area contributed by atoms with Gasteiger partial charge < -0.3 is 9.84 Å². The lowest BCUT2D eigenvalue weighted by Crippen LogP contribution is -2.42. The van der Waals surface area contributed by atoms with Crippen molar-refractivity contribution in [3.05, 3.63) is 60.4 Å². The Kier molecular flexibility index (Phi) is 5.27. The lowest BCUT2D eigenvalue weighted by Gasteiger charge is -2.23. The molecule has 0 atom stereocenters. The number of halogens is 4. The smallest absolute Gasteiger partial charge is 0.463 e. The molecule has 0 aliphatic rings. The molecular weight excluding hydrogens is 394 g/mol. The number of benzene rings is 2. The third-order valence-electron chi connectivity index (χ3n) is 3.92. The van der Waals surface area contributed by atoms with Crippen molar-refractivity contribution < 1.29 is 32.2 Å². The van der Waals surface area contributed by atoms with Gasteiger partial charge in [0, 0.05) is 12.5 Å². The van der Waals surface area contributed by atoms with E-state index in [2.05, 4.69) is 14.8 Å². The second kappa shape index (κ2) is 7.53. The predicted octanol–water partition coefficient (Wildman–Crippen LogP) is 4.19. The number of alkyl halides is 4. The second-order valence-electron chi connectivity index (χ2n) is 6.28. The Bertz CT molecular complexity index is 997. The summed E-state index contributed by atoms with van der Waals surface area (Å²) in [7, 11) is 0. The van der Waals surface area contributed by atoms with E-state index >= 15 is 0 Å². The Morgan fingerprint density at radius 2 is 1.69 bits per heavy atom. The molecule has 3 aromatic rings. The van der Waals surface area contributed by atoms with Gasteiger partial charge in [-0.3, -0.25) is 4.79 Å². The van der Waals surface area contributed by atoms with Gasteiger partial charge in [0.2, 0.25) is 0 Å². The number of carboxylic acid groups (broad SMARTS) is 1. The Morgan fingerprint density at radius 1 is 1.07 bits per heavy atom. The summed E-state index contributed by atoms with van der Waals surface area (Å²) in [5.74, 6) is -5.32. The van der Waals surface area contributed by atoms with Crippen LogP contribution >= 0.6 is 0 Å². The minimum absolute atomic E-state index is 0.0759. The summed E-state index contributed by atoms with van der Waals surface area (Å²) in [5.41, 5.74) is 1.73. The van der Waals surface area contributed by atoms with Gasteiger partial charge in [-0.05, 0) is 29.8 Å². The van der Waals surface area contributed by atoms with Gasteiger partial charge in [-0.25, -0.2) is 9.67 Å². The van der Waals surface area contributed by atoms with E-state index in [1.165, 1.54) is 23.1 Å². The third kappa shape index (κ3) is 4.71. The van der Waals surface area contributed by atoms with Crippen molar-refractivity contribution in [1.29, 1.82) is 0 Å². The van der Waals surface area contributed by atoms with Crippen molar-refractivity contribution in [1.82, 2.24) is 14.8 Å². The van der Waals surface area contributed by atoms with E-state index in [1.807, 2.05) is 0 Å². The van der Waals surface area contributed by atoms with Gasteiger partial charge in [0.05, 0.1) is 12.1 Å². The van der Waals surface area contributed by atoms with E-state index < -0.39 is 23.7 Å². The molecule has 1 N–H and O–H groups in total. The molecule has 0 radical (unpaired) electrons. The van der Waals surface area contributed by atoms with E-state index in [0.29, 0.717) is 22.6 Å². The van der Waals surface area contributed by atoms with Gasteiger partial charge in [-0.15, -0.1) is 5.10 Å². The number of carboxylic acids is 1. The maximum absolute atomic E-state index is 13.3. The molecule has 0 saturated carbocycles. The highest BCUT2D eigenvalue weighted by molar-refractivity contribution is 5.70. The van der Waals surface area contributed by atoms with Gasteiger partial charge in [-0.1, -0.05) is 24.3 Å². The summed E-state index contributed by atoms with van der Waals surface area (Å²) in [6.07, 6.45) is -3.34. The first kappa shape index (κ1) is 20.3. The number of carbonyl (C=O) groups is 1. The maximum atomic E-state index is 13.3. The van der Waals surface area contributed by atoms with Crippen LogP contribution in [-0.2, 0) is 11.2 Å². The number of aromatic nitrogens is 3. The highest BCUT2D eigenvalue weighted by atomic mass is 19.3. The Balaban J connectivity index is 1.74. The van der Waals surface area contributed by atoms with Gasteiger partial charge in [0.1, 0.15) is 12.1 Å². The molecule has 6 nitrogen and oxygen atoms in total. The van der Waals surface area contributed by atoms with Crippen LogP contribution in [0.1, 0.15) is 12.5 Å². The SMILES string of the molecule is CC(F)(F)C(F)(F)Oc1ccc(-n2cnc(-c3ccc(CC(=O)O)cc3)n2)cc1. The van der Waals surface area contributed by atoms with Gasteiger partial charge in [0.15, 0.2) is 5.82 Å². The molecule has 10 heteroatoms. The summed E-state index contributed by atoms with van der Waals surface area (Å²) >= 11 is 0. The summed E-state index contributed by atoms with van der Waals surface area (Å²) in [6, 6.07) is 11.7. The molecule has 0 amide bonds. The molecule has 0 unspecified atom stereocenters. The molecule has 29 heavy (non-hydrogen) atoms. The first-order chi connectivity index (χ1) is 13.5. The van der Waals surface area contributed by atoms with Crippen LogP contribution in [-0.4, -0.2) is 37.9 Å². The average Bonchev–Trinajstić information content (AvgIpc) is 3.11. The molecule has 1 aromatic heterocycles. The Hall–Kier alpha value is -3.43. The van der Waals surface area contributed by atoms with Crippen LogP contribution in [0.15, 0.2) is 54.9 Å². The number of ether oxygens (including phenoxy) is 1. The minimum Gasteiger partial charge on any atom is -0.481 e. The van der Waals surface area contributed by atoms with E-state index in [-0.39, 0.29) is 13.3 Å². The van der Waals surface area contributed by atoms with Crippen molar-refractivity contribution in [3.8, 4) is 22.8 Å². The standard InChI is InChI=1S/C19H15F4N3O3/c1-18(20,21)19(22,23)29-15-8-6-14(7-9-15)26-11-24-17(25-26)13-4-2-12(3-5-13)10-16(27)28/h2-9,11H,10H2,1H3,(H,27,28).